The zero-order valence-electron chi connectivity index (χ0n) is 13.9. The number of methoxy groups -OCH3 is 1. The number of amides is 2. The molecule has 5 nitrogen and oxygen atoms in total. The van der Waals surface area contributed by atoms with E-state index in [0.717, 1.165) is 38.6 Å². The number of piperidine rings is 1. The van der Waals surface area contributed by atoms with Crippen LogP contribution < -0.4 is 0 Å². The minimum absolute atomic E-state index is 0.0799. The first-order valence-corrected chi connectivity index (χ1v) is 8.18. The molecule has 2 unspecified atom stereocenters. The van der Waals surface area contributed by atoms with Gasteiger partial charge in [0.05, 0.1) is 13.0 Å². The van der Waals surface area contributed by atoms with Gasteiger partial charge in [-0.3, -0.25) is 4.79 Å². The van der Waals surface area contributed by atoms with Gasteiger partial charge in [0.1, 0.15) is 0 Å². The van der Waals surface area contributed by atoms with E-state index in [1.807, 2.05) is 4.90 Å². The Kier molecular flexibility index (Phi) is 7.54. The van der Waals surface area contributed by atoms with Gasteiger partial charge >= 0.3 is 6.09 Å². The third kappa shape index (κ3) is 4.90. The van der Waals surface area contributed by atoms with Crippen molar-refractivity contribution in [2.24, 2.45) is 5.92 Å². The highest BCUT2D eigenvalue weighted by atomic mass is 16.5. The fourth-order valence-electron chi connectivity index (χ4n) is 2.80. The van der Waals surface area contributed by atoms with Gasteiger partial charge in [-0.25, -0.2) is 4.79 Å². The number of nitrogens with zero attached hydrogens (tertiary/aromatic N) is 2. The maximum absolute atomic E-state index is 12.8. The standard InChI is InChI=1S/C16H30N2O3/c1-5-7-11-18(13(3)6-2)15(19)14-9-8-10-17(12-14)16(20)21-4/h13-14H,5-12H2,1-4H3. The molecule has 0 aromatic heterocycles. The van der Waals surface area contributed by atoms with Crippen LogP contribution in [0.25, 0.3) is 0 Å². The van der Waals surface area contributed by atoms with E-state index >= 15 is 0 Å². The molecule has 1 aliphatic heterocycles. The van der Waals surface area contributed by atoms with E-state index in [2.05, 4.69) is 20.8 Å². The molecule has 1 fully saturated rings. The Morgan fingerprint density at radius 1 is 1.38 bits per heavy atom. The molecule has 21 heavy (non-hydrogen) atoms. The molecule has 0 aliphatic carbocycles. The average Bonchev–Trinajstić information content (AvgIpc) is 2.53. The molecule has 2 amide bonds. The quantitative estimate of drug-likeness (QED) is 0.757. The first-order valence-electron chi connectivity index (χ1n) is 8.18. The predicted octanol–water partition coefficient (Wildman–Crippen LogP) is 2.89. The SMILES string of the molecule is CCCCN(C(=O)C1CCCN(C(=O)OC)C1)C(C)CC. The number of rotatable bonds is 6. The summed E-state index contributed by atoms with van der Waals surface area (Å²) >= 11 is 0. The number of carbonyl (C=O) groups excluding carboxylic acids is 2. The molecular formula is C16H30N2O3. The van der Waals surface area contributed by atoms with E-state index in [4.69, 9.17) is 4.74 Å². The minimum atomic E-state index is -0.323. The van der Waals surface area contributed by atoms with E-state index in [-0.39, 0.29) is 24.0 Å². The van der Waals surface area contributed by atoms with Gasteiger partial charge in [-0.05, 0) is 32.6 Å². The Bertz CT molecular complexity index is 346. The molecular weight excluding hydrogens is 268 g/mol. The second kappa shape index (κ2) is 8.90. The van der Waals surface area contributed by atoms with Gasteiger partial charge in [-0.2, -0.15) is 0 Å². The van der Waals surface area contributed by atoms with Crippen molar-refractivity contribution in [2.75, 3.05) is 26.7 Å². The van der Waals surface area contributed by atoms with Crippen molar-refractivity contribution in [1.82, 2.24) is 9.80 Å². The van der Waals surface area contributed by atoms with Crippen LogP contribution in [0.5, 0.6) is 0 Å². The molecule has 0 radical (unpaired) electrons. The summed E-state index contributed by atoms with van der Waals surface area (Å²) in [7, 11) is 1.39. The second-order valence-electron chi connectivity index (χ2n) is 5.90. The fraction of sp³-hybridized carbons (Fsp3) is 0.875. The molecule has 0 aromatic rings. The number of unbranched alkanes of at least 4 members (excludes halogenated alkanes) is 1. The Hall–Kier alpha value is -1.26. The van der Waals surface area contributed by atoms with Crippen molar-refractivity contribution in [1.29, 1.82) is 0 Å². The summed E-state index contributed by atoms with van der Waals surface area (Å²) in [6, 6.07) is 0.262. The molecule has 1 heterocycles. The van der Waals surface area contributed by atoms with E-state index < -0.39 is 0 Å². The zero-order chi connectivity index (χ0) is 15.8. The number of carbonyl (C=O) groups is 2. The topological polar surface area (TPSA) is 49.9 Å². The van der Waals surface area contributed by atoms with E-state index in [1.54, 1.807) is 4.90 Å². The summed E-state index contributed by atoms with van der Waals surface area (Å²) in [5.74, 6) is 0.120. The van der Waals surface area contributed by atoms with Crippen LogP contribution >= 0.6 is 0 Å². The lowest BCUT2D eigenvalue weighted by Gasteiger charge is -2.36. The maximum Gasteiger partial charge on any atom is 0.409 e. The van der Waals surface area contributed by atoms with Crippen molar-refractivity contribution in [3.05, 3.63) is 0 Å². The van der Waals surface area contributed by atoms with Crippen molar-refractivity contribution >= 4 is 12.0 Å². The first-order chi connectivity index (χ1) is 10.0. The third-order valence-electron chi connectivity index (χ3n) is 4.36. The predicted molar refractivity (Wildman–Crippen MR) is 83.1 cm³/mol. The molecule has 0 saturated carbocycles. The van der Waals surface area contributed by atoms with E-state index in [9.17, 15) is 9.59 Å². The largest absolute Gasteiger partial charge is 0.453 e. The van der Waals surface area contributed by atoms with Gasteiger partial charge in [0.25, 0.3) is 0 Å². The van der Waals surface area contributed by atoms with Crippen molar-refractivity contribution in [3.63, 3.8) is 0 Å². The van der Waals surface area contributed by atoms with Crippen LogP contribution in [0, 0.1) is 5.92 Å². The molecule has 1 rings (SSSR count). The van der Waals surface area contributed by atoms with Gasteiger partial charge in [0.15, 0.2) is 0 Å². The van der Waals surface area contributed by atoms with Crippen LogP contribution in [-0.4, -0.2) is 54.6 Å². The summed E-state index contributed by atoms with van der Waals surface area (Å²) < 4.78 is 4.77. The molecule has 1 aliphatic rings. The van der Waals surface area contributed by atoms with Crippen LogP contribution in [0.4, 0.5) is 4.79 Å². The number of likely N-dealkylation sites (tertiary alicyclic amines) is 1. The van der Waals surface area contributed by atoms with Gasteiger partial charge < -0.3 is 14.5 Å². The van der Waals surface area contributed by atoms with Crippen molar-refractivity contribution in [2.45, 2.75) is 58.9 Å². The highest BCUT2D eigenvalue weighted by molar-refractivity contribution is 5.80. The monoisotopic (exact) mass is 298 g/mol. The van der Waals surface area contributed by atoms with E-state index in [0.29, 0.717) is 13.1 Å². The van der Waals surface area contributed by atoms with Crippen LogP contribution in [-0.2, 0) is 9.53 Å². The average molecular weight is 298 g/mol. The van der Waals surface area contributed by atoms with Gasteiger partial charge in [0.2, 0.25) is 5.91 Å². The minimum Gasteiger partial charge on any atom is -0.453 e. The lowest BCUT2D eigenvalue weighted by Crippen LogP contribution is -2.49. The van der Waals surface area contributed by atoms with Gasteiger partial charge in [-0.1, -0.05) is 20.3 Å². The molecule has 2 atom stereocenters. The van der Waals surface area contributed by atoms with Crippen LogP contribution in [0.15, 0.2) is 0 Å². The van der Waals surface area contributed by atoms with Crippen molar-refractivity contribution < 1.29 is 14.3 Å². The molecule has 0 N–H and O–H groups in total. The van der Waals surface area contributed by atoms with Gasteiger partial charge in [-0.15, -0.1) is 0 Å². The highest BCUT2D eigenvalue weighted by Crippen LogP contribution is 2.21. The Morgan fingerprint density at radius 2 is 2.10 bits per heavy atom. The van der Waals surface area contributed by atoms with Gasteiger partial charge in [0, 0.05) is 25.7 Å². The molecule has 5 heteroatoms. The molecule has 1 saturated heterocycles. The summed E-state index contributed by atoms with van der Waals surface area (Å²) in [5, 5.41) is 0. The van der Waals surface area contributed by atoms with Crippen LogP contribution in [0.1, 0.15) is 52.9 Å². The molecule has 0 aromatic carbocycles. The number of ether oxygens (including phenoxy) is 1. The lowest BCUT2D eigenvalue weighted by molar-refractivity contribution is -0.139. The normalized spacial score (nSPS) is 20.0. The Balaban J connectivity index is 2.70. The zero-order valence-corrected chi connectivity index (χ0v) is 13.9. The van der Waals surface area contributed by atoms with Crippen LogP contribution in [0.3, 0.4) is 0 Å². The maximum atomic E-state index is 12.8. The van der Waals surface area contributed by atoms with E-state index in [1.165, 1.54) is 7.11 Å². The Labute approximate surface area is 128 Å². The van der Waals surface area contributed by atoms with Crippen LogP contribution in [0.2, 0.25) is 0 Å². The number of hydrogen-bond donors (Lipinski definition) is 0. The highest BCUT2D eigenvalue weighted by Gasteiger charge is 2.32. The first kappa shape index (κ1) is 17.8. The fourth-order valence-corrected chi connectivity index (χ4v) is 2.80. The lowest BCUT2D eigenvalue weighted by atomic mass is 9.95. The smallest absolute Gasteiger partial charge is 0.409 e. The summed E-state index contributed by atoms with van der Waals surface area (Å²) in [4.78, 5) is 28.1. The number of hydrogen-bond acceptors (Lipinski definition) is 3. The second-order valence-corrected chi connectivity index (χ2v) is 5.90. The Morgan fingerprint density at radius 3 is 2.67 bits per heavy atom. The summed E-state index contributed by atoms with van der Waals surface area (Å²) in [6.07, 6.45) is 4.49. The van der Waals surface area contributed by atoms with Crippen molar-refractivity contribution in [3.8, 4) is 0 Å². The third-order valence-corrected chi connectivity index (χ3v) is 4.36. The molecule has 0 bridgehead atoms. The summed E-state index contributed by atoms with van der Waals surface area (Å²) in [5.41, 5.74) is 0. The molecule has 122 valence electrons. The summed E-state index contributed by atoms with van der Waals surface area (Å²) in [6.45, 7) is 8.35. The molecule has 0 spiro atoms.